The van der Waals surface area contributed by atoms with Crippen molar-refractivity contribution < 1.29 is 4.79 Å². The van der Waals surface area contributed by atoms with Crippen LogP contribution in [0.5, 0.6) is 0 Å². The van der Waals surface area contributed by atoms with Gasteiger partial charge in [-0.1, -0.05) is 20.8 Å². The van der Waals surface area contributed by atoms with E-state index in [0.717, 1.165) is 6.42 Å². The SMILES string of the molecule is CC(NC(=O)C1CC12CC2)C(C)(C)C. The van der Waals surface area contributed by atoms with Crippen molar-refractivity contribution in [1.29, 1.82) is 0 Å². The summed E-state index contributed by atoms with van der Waals surface area (Å²) in [6, 6.07) is 0.270. The fourth-order valence-electron chi connectivity index (χ4n) is 1.96. The summed E-state index contributed by atoms with van der Waals surface area (Å²) >= 11 is 0. The Morgan fingerprint density at radius 1 is 1.43 bits per heavy atom. The van der Waals surface area contributed by atoms with Crippen LogP contribution in [0.25, 0.3) is 0 Å². The molecule has 0 radical (unpaired) electrons. The van der Waals surface area contributed by atoms with Crippen LogP contribution in [0.4, 0.5) is 0 Å². The van der Waals surface area contributed by atoms with Crippen molar-refractivity contribution in [3.63, 3.8) is 0 Å². The lowest BCUT2D eigenvalue weighted by Crippen LogP contribution is -2.42. The molecule has 0 aromatic rings. The van der Waals surface area contributed by atoms with Gasteiger partial charge in [-0.2, -0.15) is 0 Å². The quantitative estimate of drug-likeness (QED) is 0.720. The Hall–Kier alpha value is -0.530. The van der Waals surface area contributed by atoms with Crippen LogP contribution < -0.4 is 5.32 Å². The van der Waals surface area contributed by atoms with Crippen LogP contribution in [-0.4, -0.2) is 11.9 Å². The molecule has 2 unspecified atom stereocenters. The summed E-state index contributed by atoms with van der Waals surface area (Å²) in [7, 11) is 0. The Bertz CT molecular complexity index is 260. The Morgan fingerprint density at radius 2 is 2.00 bits per heavy atom. The highest BCUT2D eigenvalue weighted by atomic mass is 16.2. The summed E-state index contributed by atoms with van der Waals surface area (Å²) in [5.41, 5.74) is 0.656. The van der Waals surface area contributed by atoms with E-state index in [1.165, 1.54) is 12.8 Å². The van der Waals surface area contributed by atoms with Gasteiger partial charge in [0.05, 0.1) is 0 Å². The van der Waals surface area contributed by atoms with Crippen LogP contribution in [0.1, 0.15) is 47.0 Å². The highest BCUT2D eigenvalue weighted by molar-refractivity contribution is 5.83. The molecule has 0 aromatic carbocycles. The van der Waals surface area contributed by atoms with Gasteiger partial charge in [0.2, 0.25) is 5.91 Å². The molecule has 14 heavy (non-hydrogen) atoms. The van der Waals surface area contributed by atoms with E-state index in [4.69, 9.17) is 0 Å². The third-order valence-corrected chi connectivity index (χ3v) is 4.06. The van der Waals surface area contributed by atoms with Crippen LogP contribution in [-0.2, 0) is 4.79 Å². The predicted molar refractivity (Wildman–Crippen MR) is 56.8 cm³/mol. The first-order valence-electron chi connectivity index (χ1n) is 5.66. The average Bonchev–Trinajstić information content (AvgIpc) is 2.91. The van der Waals surface area contributed by atoms with Gasteiger partial charge in [0.25, 0.3) is 0 Å². The number of carbonyl (C=O) groups excluding carboxylic acids is 1. The van der Waals surface area contributed by atoms with Crippen LogP contribution in [0.15, 0.2) is 0 Å². The first-order valence-corrected chi connectivity index (χ1v) is 5.66. The van der Waals surface area contributed by atoms with Gasteiger partial charge in [-0.05, 0) is 37.0 Å². The van der Waals surface area contributed by atoms with Gasteiger partial charge >= 0.3 is 0 Å². The summed E-state index contributed by atoms with van der Waals surface area (Å²) in [6.07, 6.45) is 3.72. The predicted octanol–water partition coefficient (Wildman–Crippen LogP) is 2.34. The van der Waals surface area contributed by atoms with E-state index in [2.05, 4.69) is 33.0 Å². The van der Waals surface area contributed by atoms with E-state index < -0.39 is 0 Å². The molecule has 1 amide bonds. The minimum atomic E-state index is 0.168. The zero-order chi connectivity index (χ0) is 10.6. The summed E-state index contributed by atoms with van der Waals surface area (Å²) in [5.74, 6) is 0.650. The monoisotopic (exact) mass is 195 g/mol. The topological polar surface area (TPSA) is 29.1 Å². The lowest BCUT2D eigenvalue weighted by molar-refractivity contribution is -0.124. The Balaban J connectivity index is 1.83. The minimum Gasteiger partial charge on any atom is -0.353 e. The van der Waals surface area contributed by atoms with Crippen molar-refractivity contribution >= 4 is 5.91 Å². The number of rotatable bonds is 2. The van der Waals surface area contributed by atoms with Gasteiger partial charge in [0.15, 0.2) is 0 Å². The average molecular weight is 195 g/mol. The van der Waals surface area contributed by atoms with Crippen molar-refractivity contribution in [3.05, 3.63) is 0 Å². The van der Waals surface area contributed by atoms with Crippen molar-refractivity contribution in [2.75, 3.05) is 0 Å². The standard InChI is InChI=1S/C12H21NO/c1-8(11(2,3)4)13-10(14)9-7-12(9)5-6-12/h8-9H,5-7H2,1-4H3,(H,13,14). The third kappa shape index (κ3) is 1.67. The van der Waals surface area contributed by atoms with Crippen LogP contribution >= 0.6 is 0 Å². The second-order valence-corrected chi connectivity index (χ2v) is 6.22. The molecule has 0 heterocycles. The molecule has 80 valence electrons. The zero-order valence-corrected chi connectivity index (χ0v) is 9.68. The molecule has 1 spiro atoms. The zero-order valence-electron chi connectivity index (χ0n) is 9.68. The smallest absolute Gasteiger partial charge is 0.223 e. The van der Waals surface area contributed by atoms with Gasteiger partial charge in [-0.25, -0.2) is 0 Å². The molecule has 1 N–H and O–H groups in total. The number of amides is 1. The van der Waals surface area contributed by atoms with Gasteiger partial charge in [-0.3, -0.25) is 4.79 Å². The Morgan fingerprint density at radius 3 is 2.36 bits per heavy atom. The van der Waals surface area contributed by atoms with Crippen molar-refractivity contribution in [1.82, 2.24) is 5.32 Å². The maximum absolute atomic E-state index is 11.8. The Kier molecular flexibility index (Phi) is 1.96. The molecule has 0 aromatic heterocycles. The molecule has 2 atom stereocenters. The van der Waals surface area contributed by atoms with Crippen LogP contribution in [0, 0.1) is 16.7 Å². The minimum absolute atomic E-state index is 0.168. The fourth-order valence-corrected chi connectivity index (χ4v) is 1.96. The van der Waals surface area contributed by atoms with Gasteiger partial charge in [0, 0.05) is 12.0 Å². The molecular weight excluding hydrogens is 174 g/mol. The van der Waals surface area contributed by atoms with E-state index in [1.54, 1.807) is 0 Å². The maximum Gasteiger partial charge on any atom is 0.223 e. The van der Waals surface area contributed by atoms with Gasteiger partial charge in [-0.15, -0.1) is 0 Å². The summed E-state index contributed by atoms with van der Waals surface area (Å²) in [4.78, 5) is 11.8. The fraction of sp³-hybridized carbons (Fsp3) is 0.917. The van der Waals surface area contributed by atoms with Crippen LogP contribution in [0.2, 0.25) is 0 Å². The molecule has 2 aliphatic carbocycles. The molecule has 2 fully saturated rings. The largest absolute Gasteiger partial charge is 0.353 e. The Labute approximate surface area is 86.5 Å². The van der Waals surface area contributed by atoms with Crippen LogP contribution in [0.3, 0.4) is 0 Å². The van der Waals surface area contributed by atoms with Crippen molar-refractivity contribution in [2.24, 2.45) is 16.7 Å². The lowest BCUT2D eigenvalue weighted by Gasteiger charge is -2.28. The molecule has 2 saturated carbocycles. The number of carbonyl (C=O) groups is 1. The first-order chi connectivity index (χ1) is 6.35. The van der Waals surface area contributed by atoms with E-state index in [1.807, 2.05) is 0 Å². The summed E-state index contributed by atoms with van der Waals surface area (Å²) < 4.78 is 0. The van der Waals surface area contributed by atoms with E-state index >= 15 is 0 Å². The molecular formula is C12H21NO. The molecule has 0 aliphatic heterocycles. The number of hydrogen-bond acceptors (Lipinski definition) is 1. The summed E-state index contributed by atoms with van der Waals surface area (Å²) in [6.45, 7) is 8.59. The van der Waals surface area contributed by atoms with Gasteiger partial charge in [0.1, 0.15) is 0 Å². The number of hydrogen-bond donors (Lipinski definition) is 1. The van der Waals surface area contributed by atoms with Crippen molar-refractivity contribution in [2.45, 2.75) is 53.0 Å². The highest BCUT2D eigenvalue weighted by Crippen LogP contribution is 2.70. The molecule has 2 aliphatic rings. The highest BCUT2D eigenvalue weighted by Gasteiger charge is 2.65. The van der Waals surface area contributed by atoms with E-state index in [9.17, 15) is 4.79 Å². The molecule has 0 saturated heterocycles. The number of nitrogens with one attached hydrogen (secondary N) is 1. The van der Waals surface area contributed by atoms with E-state index in [0.29, 0.717) is 17.2 Å². The second kappa shape index (κ2) is 2.74. The van der Waals surface area contributed by atoms with Gasteiger partial charge < -0.3 is 5.32 Å². The second-order valence-electron chi connectivity index (χ2n) is 6.22. The molecule has 2 rings (SSSR count). The maximum atomic E-state index is 11.8. The first kappa shape index (κ1) is 10.0. The van der Waals surface area contributed by atoms with Crippen molar-refractivity contribution in [3.8, 4) is 0 Å². The summed E-state index contributed by atoms with van der Waals surface area (Å²) in [5, 5.41) is 3.14. The molecule has 0 bridgehead atoms. The normalized spacial score (nSPS) is 29.9. The lowest BCUT2D eigenvalue weighted by atomic mass is 9.88. The molecule has 2 nitrogen and oxygen atoms in total. The molecule has 2 heteroatoms. The third-order valence-electron chi connectivity index (χ3n) is 4.06. The van der Waals surface area contributed by atoms with E-state index in [-0.39, 0.29) is 11.5 Å².